The topological polar surface area (TPSA) is 51.4 Å². The summed E-state index contributed by atoms with van der Waals surface area (Å²) in [5.74, 6) is 0. The molecular weight excluding hydrogens is 214 g/mol. The number of aromatic nitrogens is 1. The smallest absolute Gasteiger partial charge is 0.0641 e. The van der Waals surface area contributed by atoms with E-state index in [1.165, 1.54) is 5.69 Å². The van der Waals surface area contributed by atoms with Crippen LogP contribution in [-0.4, -0.2) is 31.3 Å². The Morgan fingerprint density at radius 1 is 1.41 bits per heavy atom. The Morgan fingerprint density at radius 3 is 2.76 bits per heavy atom. The van der Waals surface area contributed by atoms with Crippen molar-refractivity contribution in [1.29, 1.82) is 0 Å². The van der Waals surface area contributed by atoms with E-state index in [0.29, 0.717) is 6.54 Å². The van der Waals surface area contributed by atoms with Crippen molar-refractivity contribution in [3.05, 3.63) is 23.5 Å². The summed E-state index contributed by atoms with van der Waals surface area (Å²) in [6, 6.07) is 2.09. The van der Waals surface area contributed by atoms with Gasteiger partial charge in [-0.25, -0.2) is 0 Å². The van der Waals surface area contributed by atoms with Crippen molar-refractivity contribution in [2.45, 2.75) is 27.3 Å². The predicted molar refractivity (Wildman–Crippen MR) is 71.2 cm³/mol. The lowest BCUT2D eigenvalue weighted by molar-refractivity contribution is 0.154. The molecule has 0 aliphatic carbocycles. The van der Waals surface area contributed by atoms with Crippen molar-refractivity contribution in [3.8, 4) is 0 Å². The zero-order valence-electron chi connectivity index (χ0n) is 11.1. The van der Waals surface area contributed by atoms with Crippen LogP contribution in [0.3, 0.4) is 0 Å². The summed E-state index contributed by atoms with van der Waals surface area (Å²) in [7, 11) is 0. The minimum atomic E-state index is 0.522. The first-order valence-corrected chi connectivity index (χ1v) is 6.21. The van der Waals surface area contributed by atoms with Gasteiger partial charge in [0.05, 0.1) is 6.61 Å². The molecule has 0 saturated carbocycles. The average Bonchev–Trinajstić information content (AvgIpc) is 2.35. The molecule has 0 aromatic carbocycles. The standard InChI is InChI=1S/C13H23N3O/c1-4-16(6-7-17-5-2)13-8-11(3)15-10-12(13)9-14/h8,10H,4-7,9,14H2,1-3H3. The molecule has 4 nitrogen and oxygen atoms in total. The van der Waals surface area contributed by atoms with Gasteiger partial charge in [-0.15, -0.1) is 0 Å². The van der Waals surface area contributed by atoms with Crippen LogP contribution < -0.4 is 10.6 Å². The molecule has 0 fully saturated rings. The van der Waals surface area contributed by atoms with Crippen LogP contribution in [0.25, 0.3) is 0 Å². The number of nitrogens with two attached hydrogens (primary N) is 1. The van der Waals surface area contributed by atoms with Crippen LogP contribution in [0, 0.1) is 6.92 Å². The number of nitrogens with zero attached hydrogens (tertiary/aromatic N) is 2. The molecule has 0 radical (unpaired) electrons. The van der Waals surface area contributed by atoms with Gasteiger partial charge in [-0.3, -0.25) is 4.98 Å². The number of likely N-dealkylation sites (N-methyl/N-ethyl adjacent to an activating group) is 1. The van der Waals surface area contributed by atoms with Crippen LogP contribution in [0.1, 0.15) is 25.1 Å². The predicted octanol–water partition coefficient (Wildman–Crippen LogP) is 1.71. The van der Waals surface area contributed by atoms with Gasteiger partial charge in [0.15, 0.2) is 0 Å². The number of hydrogen-bond acceptors (Lipinski definition) is 4. The summed E-state index contributed by atoms with van der Waals surface area (Å²) < 4.78 is 5.40. The van der Waals surface area contributed by atoms with Crippen LogP contribution in [0.15, 0.2) is 12.3 Å². The number of rotatable bonds is 7. The second-order valence-corrected chi connectivity index (χ2v) is 3.94. The summed E-state index contributed by atoms with van der Waals surface area (Å²) in [4.78, 5) is 6.57. The number of pyridine rings is 1. The fraction of sp³-hybridized carbons (Fsp3) is 0.615. The lowest BCUT2D eigenvalue weighted by Gasteiger charge is -2.25. The van der Waals surface area contributed by atoms with Gasteiger partial charge in [0.2, 0.25) is 0 Å². The summed E-state index contributed by atoms with van der Waals surface area (Å²) in [6.45, 7) is 10.0. The SMILES string of the molecule is CCOCCN(CC)c1cc(C)ncc1CN. The quantitative estimate of drug-likeness (QED) is 0.734. The summed E-state index contributed by atoms with van der Waals surface area (Å²) in [6.07, 6.45) is 1.87. The minimum absolute atomic E-state index is 0.522. The van der Waals surface area contributed by atoms with Gasteiger partial charge in [-0.1, -0.05) is 0 Å². The molecule has 0 spiro atoms. The maximum absolute atomic E-state index is 5.75. The van der Waals surface area contributed by atoms with E-state index < -0.39 is 0 Å². The third-order valence-corrected chi connectivity index (χ3v) is 2.75. The Bertz CT molecular complexity index is 341. The fourth-order valence-electron chi connectivity index (χ4n) is 1.79. The highest BCUT2D eigenvalue weighted by molar-refractivity contribution is 5.53. The molecule has 1 aromatic rings. The summed E-state index contributed by atoms with van der Waals surface area (Å²) >= 11 is 0. The van der Waals surface area contributed by atoms with Gasteiger partial charge < -0.3 is 15.4 Å². The van der Waals surface area contributed by atoms with E-state index in [4.69, 9.17) is 10.5 Å². The zero-order chi connectivity index (χ0) is 12.7. The van der Waals surface area contributed by atoms with Crippen molar-refractivity contribution in [2.75, 3.05) is 31.2 Å². The Balaban J connectivity index is 2.82. The highest BCUT2D eigenvalue weighted by Gasteiger charge is 2.09. The van der Waals surface area contributed by atoms with Gasteiger partial charge in [0, 0.05) is 49.4 Å². The van der Waals surface area contributed by atoms with Gasteiger partial charge in [-0.05, 0) is 26.8 Å². The van der Waals surface area contributed by atoms with E-state index in [2.05, 4.69) is 22.9 Å². The van der Waals surface area contributed by atoms with Crippen molar-refractivity contribution in [2.24, 2.45) is 5.73 Å². The number of ether oxygens (including phenoxy) is 1. The molecule has 0 bridgehead atoms. The van der Waals surface area contributed by atoms with E-state index in [1.54, 1.807) is 0 Å². The molecule has 0 atom stereocenters. The third-order valence-electron chi connectivity index (χ3n) is 2.75. The Labute approximate surface area is 104 Å². The molecule has 1 rings (SSSR count). The summed E-state index contributed by atoms with van der Waals surface area (Å²) in [5.41, 5.74) is 9.04. The number of aryl methyl sites for hydroxylation is 1. The second-order valence-electron chi connectivity index (χ2n) is 3.94. The first-order valence-electron chi connectivity index (χ1n) is 6.21. The van der Waals surface area contributed by atoms with Gasteiger partial charge in [0.25, 0.3) is 0 Å². The van der Waals surface area contributed by atoms with Crippen molar-refractivity contribution < 1.29 is 4.74 Å². The normalized spacial score (nSPS) is 10.6. The first kappa shape index (κ1) is 13.9. The van der Waals surface area contributed by atoms with E-state index in [9.17, 15) is 0 Å². The van der Waals surface area contributed by atoms with Crippen LogP contribution in [0.5, 0.6) is 0 Å². The molecule has 1 heterocycles. The highest BCUT2D eigenvalue weighted by atomic mass is 16.5. The number of anilines is 1. The molecule has 1 aromatic heterocycles. The minimum Gasteiger partial charge on any atom is -0.380 e. The molecule has 2 N–H and O–H groups in total. The molecule has 0 amide bonds. The Kier molecular flexibility index (Phi) is 5.94. The molecule has 0 saturated heterocycles. The highest BCUT2D eigenvalue weighted by Crippen LogP contribution is 2.20. The molecular formula is C13H23N3O. The zero-order valence-corrected chi connectivity index (χ0v) is 11.1. The average molecular weight is 237 g/mol. The van der Waals surface area contributed by atoms with Gasteiger partial charge >= 0.3 is 0 Å². The molecule has 96 valence electrons. The third kappa shape index (κ3) is 3.98. The Hall–Kier alpha value is -1.13. The molecule has 4 heteroatoms. The summed E-state index contributed by atoms with van der Waals surface area (Å²) in [5, 5.41) is 0. The lowest BCUT2D eigenvalue weighted by Crippen LogP contribution is -2.28. The monoisotopic (exact) mass is 237 g/mol. The van der Waals surface area contributed by atoms with E-state index in [1.807, 2.05) is 20.0 Å². The molecule has 0 unspecified atom stereocenters. The largest absolute Gasteiger partial charge is 0.380 e. The maximum atomic E-state index is 5.75. The van der Waals surface area contributed by atoms with Crippen LogP contribution in [-0.2, 0) is 11.3 Å². The van der Waals surface area contributed by atoms with Gasteiger partial charge in [-0.2, -0.15) is 0 Å². The van der Waals surface area contributed by atoms with Gasteiger partial charge in [0.1, 0.15) is 0 Å². The fourth-order valence-corrected chi connectivity index (χ4v) is 1.79. The van der Waals surface area contributed by atoms with Crippen LogP contribution in [0.4, 0.5) is 5.69 Å². The Morgan fingerprint density at radius 2 is 2.18 bits per heavy atom. The molecule has 17 heavy (non-hydrogen) atoms. The maximum Gasteiger partial charge on any atom is 0.0641 e. The van der Waals surface area contributed by atoms with Crippen LogP contribution >= 0.6 is 0 Å². The second kappa shape index (κ2) is 7.25. The van der Waals surface area contributed by atoms with Crippen LogP contribution in [0.2, 0.25) is 0 Å². The van der Waals surface area contributed by atoms with E-state index in [-0.39, 0.29) is 0 Å². The van der Waals surface area contributed by atoms with Crippen molar-refractivity contribution in [1.82, 2.24) is 4.98 Å². The van der Waals surface area contributed by atoms with E-state index >= 15 is 0 Å². The lowest BCUT2D eigenvalue weighted by atomic mass is 10.2. The number of hydrogen-bond donors (Lipinski definition) is 1. The molecule has 0 aliphatic rings. The molecule has 0 aliphatic heterocycles. The van der Waals surface area contributed by atoms with Crippen molar-refractivity contribution >= 4 is 5.69 Å². The first-order chi connectivity index (χ1) is 8.22. The van der Waals surface area contributed by atoms with E-state index in [0.717, 1.165) is 37.6 Å². The van der Waals surface area contributed by atoms with Crippen molar-refractivity contribution in [3.63, 3.8) is 0 Å².